The molecule has 0 radical (unpaired) electrons. The molecule has 1 fully saturated rings. The van der Waals surface area contributed by atoms with E-state index in [0.29, 0.717) is 33.8 Å². The first-order valence-corrected chi connectivity index (χ1v) is 10.7. The summed E-state index contributed by atoms with van der Waals surface area (Å²) in [7, 11) is 0. The lowest BCUT2D eigenvalue weighted by molar-refractivity contribution is -0.137. The molecule has 3 heterocycles. The maximum atomic E-state index is 14.0. The van der Waals surface area contributed by atoms with Crippen LogP contribution in [-0.4, -0.2) is 23.8 Å². The highest BCUT2D eigenvalue weighted by Crippen LogP contribution is 2.43. The number of alkyl halides is 3. The number of aromatic nitrogens is 1. The summed E-state index contributed by atoms with van der Waals surface area (Å²) in [4.78, 5) is 5.15. The largest absolute Gasteiger partial charge is 0.418 e. The maximum absolute atomic E-state index is 14.0. The van der Waals surface area contributed by atoms with Gasteiger partial charge in [0.1, 0.15) is 11.5 Å². The van der Waals surface area contributed by atoms with Gasteiger partial charge in [-0.1, -0.05) is 6.58 Å². The fourth-order valence-electron chi connectivity index (χ4n) is 4.44. The lowest BCUT2D eigenvalue weighted by Crippen LogP contribution is -2.27. The molecule has 1 saturated heterocycles. The zero-order valence-electron chi connectivity index (χ0n) is 18.0. The second kappa shape index (κ2) is 7.79. The molecule has 5 rings (SSSR count). The maximum Gasteiger partial charge on any atom is 0.418 e. The number of halogens is 4. The van der Waals surface area contributed by atoms with Crippen LogP contribution < -0.4 is 9.91 Å². The van der Waals surface area contributed by atoms with Gasteiger partial charge in [0.05, 0.1) is 22.6 Å². The predicted octanol–water partition coefficient (Wildman–Crippen LogP) is 6.32. The van der Waals surface area contributed by atoms with Crippen molar-refractivity contribution >= 4 is 22.8 Å². The summed E-state index contributed by atoms with van der Waals surface area (Å²) in [5.74, 6) is -0.358. The molecular formula is C25H22F4N4. The molecule has 4 nitrogen and oxygen atoms in total. The third-order valence-electron chi connectivity index (χ3n) is 6.16. The molecule has 1 N–H and O–H groups in total. The lowest BCUT2D eigenvalue weighted by atomic mass is 9.98. The third-order valence-corrected chi connectivity index (χ3v) is 6.16. The van der Waals surface area contributed by atoms with Crippen LogP contribution >= 0.6 is 0 Å². The first kappa shape index (κ1) is 21.3. The number of nitrogens with one attached hydrogen (secondary N) is 1. The molecule has 1 aromatic heterocycles. The molecule has 0 bridgehead atoms. The standard InChI is InChI=1S/C25H22F4N4/c1-15-13-17(5-8-21(15)26)24-19-9-10-30-23(19)16(2)33(31-24)22-14-18(32-11-3-4-12-32)6-7-20(22)25(27,28)29/h5-10,13-14,30H,2-4,11-12H2,1H3. The van der Waals surface area contributed by atoms with E-state index in [4.69, 9.17) is 0 Å². The molecule has 0 unspecified atom stereocenters. The highest BCUT2D eigenvalue weighted by atomic mass is 19.4. The summed E-state index contributed by atoms with van der Waals surface area (Å²) in [6.45, 7) is 7.28. The number of H-pyrrole nitrogens is 1. The van der Waals surface area contributed by atoms with E-state index in [0.717, 1.165) is 37.7 Å². The van der Waals surface area contributed by atoms with Gasteiger partial charge in [0.15, 0.2) is 0 Å². The number of benzene rings is 2. The van der Waals surface area contributed by atoms with E-state index >= 15 is 0 Å². The van der Waals surface area contributed by atoms with Crippen LogP contribution in [0.3, 0.4) is 0 Å². The van der Waals surface area contributed by atoms with E-state index in [1.807, 2.05) is 0 Å². The molecule has 0 atom stereocenters. The topological polar surface area (TPSA) is 34.6 Å². The van der Waals surface area contributed by atoms with Gasteiger partial charge in [-0.25, -0.2) is 9.40 Å². The number of hydrogen-bond donors (Lipinski definition) is 1. The Morgan fingerprint density at radius 3 is 2.48 bits per heavy atom. The minimum absolute atomic E-state index is 0.0894. The number of rotatable bonds is 3. The fraction of sp³-hybridized carbons (Fsp3) is 0.240. The Balaban J connectivity index is 1.69. The van der Waals surface area contributed by atoms with Crippen LogP contribution in [0.1, 0.15) is 40.8 Å². The van der Waals surface area contributed by atoms with Crippen LogP contribution in [0.4, 0.5) is 28.9 Å². The van der Waals surface area contributed by atoms with Gasteiger partial charge >= 0.3 is 6.18 Å². The van der Waals surface area contributed by atoms with Crippen molar-refractivity contribution in [1.82, 2.24) is 4.98 Å². The summed E-state index contributed by atoms with van der Waals surface area (Å²) < 4.78 is 56.0. The van der Waals surface area contributed by atoms with E-state index in [2.05, 4.69) is 21.6 Å². The molecule has 170 valence electrons. The van der Waals surface area contributed by atoms with Crippen molar-refractivity contribution in [2.75, 3.05) is 23.0 Å². The van der Waals surface area contributed by atoms with Crippen LogP contribution in [0.5, 0.6) is 0 Å². The number of nitrogens with zero attached hydrogens (tertiary/aromatic N) is 3. The van der Waals surface area contributed by atoms with Crippen LogP contribution in [0, 0.1) is 12.7 Å². The molecule has 0 amide bonds. The van der Waals surface area contributed by atoms with Gasteiger partial charge in [0.2, 0.25) is 0 Å². The SMILES string of the molecule is C=C1c2[nH]ccc2C(c2ccc(F)c(C)c2)=NN1c1cc(N2CCCC2)ccc1C(F)(F)F. The van der Waals surface area contributed by atoms with Gasteiger partial charge in [-0.15, -0.1) is 0 Å². The first-order valence-electron chi connectivity index (χ1n) is 10.7. The highest BCUT2D eigenvalue weighted by Gasteiger charge is 2.38. The van der Waals surface area contributed by atoms with Crippen LogP contribution in [-0.2, 0) is 6.18 Å². The summed E-state index contributed by atoms with van der Waals surface area (Å²) in [6, 6.07) is 10.5. The molecule has 0 spiro atoms. The minimum atomic E-state index is -4.57. The van der Waals surface area contributed by atoms with Crippen molar-refractivity contribution in [3.05, 3.63) is 89.0 Å². The normalized spacial score (nSPS) is 16.3. The molecule has 2 aliphatic heterocycles. The second-order valence-electron chi connectivity index (χ2n) is 8.33. The number of aromatic amines is 1. The van der Waals surface area contributed by atoms with Crippen molar-refractivity contribution in [2.24, 2.45) is 5.10 Å². The Morgan fingerprint density at radius 1 is 1.03 bits per heavy atom. The van der Waals surface area contributed by atoms with E-state index in [1.165, 1.54) is 23.2 Å². The van der Waals surface area contributed by atoms with E-state index in [1.54, 1.807) is 31.3 Å². The Kier molecular flexibility index (Phi) is 5.03. The third kappa shape index (κ3) is 3.69. The number of anilines is 2. The lowest BCUT2D eigenvalue weighted by Gasteiger charge is -2.31. The van der Waals surface area contributed by atoms with Gasteiger partial charge < -0.3 is 9.88 Å². The number of hydrazone groups is 1. The number of aryl methyl sites for hydroxylation is 1. The van der Waals surface area contributed by atoms with Crippen molar-refractivity contribution in [1.29, 1.82) is 0 Å². The van der Waals surface area contributed by atoms with Gasteiger partial charge in [0.25, 0.3) is 0 Å². The van der Waals surface area contributed by atoms with E-state index < -0.39 is 11.7 Å². The molecule has 33 heavy (non-hydrogen) atoms. The summed E-state index contributed by atoms with van der Waals surface area (Å²) in [5.41, 5.74) is 2.89. The first-order chi connectivity index (χ1) is 15.7. The fourth-order valence-corrected chi connectivity index (χ4v) is 4.44. The molecule has 0 aliphatic carbocycles. The van der Waals surface area contributed by atoms with Crippen molar-refractivity contribution in [3.8, 4) is 0 Å². The van der Waals surface area contributed by atoms with Crippen molar-refractivity contribution < 1.29 is 17.6 Å². The number of hydrogen-bond acceptors (Lipinski definition) is 3. The average Bonchev–Trinajstić information content (AvgIpc) is 3.48. The smallest absolute Gasteiger partial charge is 0.371 e. The number of fused-ring (bicyclic) bond motifs is 1. The Labute approximate surface area is 188 Å². The average molecular weight is 454 g/mol. The monoisotopic (exact) mass is 454 g/mol. The van der Waals surface area contributed by atoms with Gasteiger partial charge in [0, 0.05) is 36.1 Å². The molecule has 2 aromatic carbocycles. The Morgan fingerprint density at radius 2 is 1.79 bits per heavy atom. The second-order valence-corrected chi connectivity index (χ2v) is 8.33. The predicted molar refractivity (Wildman–Crippen MR) is 122 cm³/mol. The molecule has 3 aromatic rings. The molecule has 0 saturated carbocycles. The Hall–Kier alpha value is -3.55. The molecule has 8 heteroatoms. The van der Waals surface area contributed by atoms with Gasteiger partial charge in [-0.05, 0) is 67.8 Å². The minimum Gasteiger partial charge on any atom is -0.371 e. The van der Waals surface area contributed by atoms with E-state index in [9.17, 15) is 17.6 Å². The quantitative estimate of drug-likeness (QED) is 0.470. The van der Waals surface area contributed by atoms with Crippen molar-refractivity contribution in [2.45, 2.75) is 25.9 Å². The van der Waals surface area contributed by atoms with Crippen LogP contribution in [0.25, 0.3) is 5.70 Å². The summed E-state index contributed by atoms with van der Waals surface area (Å²) in [6.07, 6.45) is -0.871. The van der Waals surface area contributed by atoms with Crippen molar-refractivity contribution in [3.63, 3.8) is 0 Å². The highest BCUT2D eigenvalue weighted by molar-refractivity contribution is 6.17. The molecular weight excluding hydrogens is 432 g/mol. The van der Waals surface area contributed by atoms with E-state index in [-0.39, 0.29) is 11.5 Å². The van der Waals surface area contributed by atoms with Crippen LogP contribution in [0.15, 0.2) is 60.3 Å². The summed E-state index contributed by atoms with van der Waals surface area (Å²) >= 11 is 0. The van der Waals surface area contributed by atoms with Gasteiger partial charge in [-0.3, -0.25) is 0 Å². The van der Waals surface area contributed by atoms with Crippen LogP contribution in [0.2, 0.25) is 0 Å². The zero-order chi connectivity index (χ0) is 23.3. The Bertz CT molecular complexity index is 1270. The van der Waals surface area contributed by atoms with Gasteiger partial charge in [-0.2, -0.15) is 18.3 Å². The molecule has 2 aliphatic rings. The zero-order valence-corrected chi connectivity index (χ0v) is 18.0. The summed E-state index contributed by atoms with van der Waals surface area (Å²) in [5, 5.41) is 5.86.